The lowest BCUT2D eigenvalue weighted by Gasteiger charge is -2.19. The van der Waals surface area contributed by atoms with Crippen LogP contribution in [0.25, 0.3) is 0 Å². The Hall–Kier alpha value is -1.59. The maximum Gasteiger partial charge on any atom is 0.253 e. The van der Waals surface area contributed by atoms with E-state index in [9.17, 15) is 9.59 Å². The van der Waals surface area contributed by atoms with E-state index in [-0.39, 0.29) is 19.0 Å². The third-order valence-corrected chi connectivity index (χ3v) is 2.81. The second kappa shape index (κ2) is 7.11. The van der Waals surface area contributed by atoms with E-state index in [2.05, 4.69) is 5.32 Å². The molecule has 19 heavy (non-hydrogen) atoms. The van der Waals surface area contributed by atoms with Gasteiger partial charge in [-0.25, -0.2) is 0 Å². The van der Waals surface area contributed by atoms with Gasteiger partial charge in [0.2, 0.25) is 5.91 Å². The first-order chi connectivity index (χ1) is 8.91. The molecule has 1 unspecified atom stereocenters. The van der Waals surface area contributed by atoms with Crippen LogP contribution in [0.2, 0.25) is 5.02 Å². The Bertz CT molecular complexity index is 463. The maximum atomic E-state index is 11.8. The smallest absolute Gasteiger partial charge is 0.253 e. The Kier molecular flexibility index (Phi) is 5.79. The van der Waals surface area contributed by atoms with Crippen LogP contribution in [-0.2, 0) is 4.79 Å². The van der Waals surface area contributed by atoms with Crippen LogP contribution < -0.4 is 5.32 Å². The Labute approximate surface area is 117 Å². The molecule has 6 heteroatoms. The van der Waals surface area contributed by atoms with E-state index in [1.54, 1.807) is 38.2 Å². The average molecular weight is 285 g/mol. The van der Waals surface area contributed by atoms with E-state index in [1.165, 1.54) is 4.90 Å². The van der Waals surface area contributed by atoms with Gasteiger partial charge in [0.25, 0.3) is 5.91 Å². The number of aliphatic hydroxyl groups is 1. The van der Waals surface area contributed by atoms with Crippen LogP contribution in [0.5, 0.6) is 0 Å². The van der Waals surface area contributed by atoms with Crippen LogP contribution in [0.1, 0.15) is 17.3 Å². The first kappa shape index (κ1) is 15.5. The lowest BCUT2D eigenvalue weighted by molar-refractivity contribution is -0.129. The van der Waals surface area contributed by atoms with E-state index in [0.29, 0.717) is 10.6 Å². The number of rotatable bonds is 5. The molecule has 2 N–H and O–H groups in total. The standard InChI is InChI=1S/C13H17ClN2O3/c1-9(17)8-16(2)12(18)7-15-13(19)10-5-3-4-6-11(10)14/h3-6,9,17H,7-8H2,1-2H3,(H,15,19). The number of aliphatic hydroxyl groups excluding tert-OH is 1. The fourth-order valence-corrected chi connectivity index (χ4v) is 1.75. The highest BCUT2D eigenvalue weighted by atomic mass is 35.5. The third kappa shape index (κ3) is 4.89. The fraction of sp³-hybridized carbons (Fsp3) is 0.385. The first-order valence-corrected chi connectivity index (χ1v) is 6.24. The van der Waals surface area contributed by atoms with Gasteiger partial charge in [-0.3, -0.25) is 9.59 Å². The van der Waals surface area contributed by atoms with Gasteiger partial charge in [-0.2, -0.15) is 0 Å². The molecule has 1 rings (SSSR count). The molecule has 104 valence electrons. The normalized spacial score (nSPS) is 11.8. The van der Waals surface area contributed by atoms with Crippen molar-refractivity contribution in [1.29, 1.82) is 0 Å². The van der Waals surface area contributed by atoms with Crippen LogP contribution in [0.3, 0.4) is 0 Å². The Morgan fingerprint density at radius 2 is 2.05 bits per heavy atom. The van der Waals surface area contributed by atoms with Crippen LogP contribution in [0.4, 0.5) is 0 Å². The summed E-state index contributed by atoms with van der Waals surface area (Å²) in [5, 5.41) is 12.0. The molecule has 0 heterocycles. The highest BCUT2D eigenvalue weighted by Gasteiger charge is 2.14. The number of hydrogen-bond donors (Lipinski definition) is 2. The Morgan fingerprint density at radius 3 is 2.63 bits per heavy atom. The molecule has 0 bridgehead atoms. The predicted molar refractivity (Wildman–Crippen MR) is 73.1 cm³/mol. The highest BCUT2D eigenvalue weighted by molar-refractivity contribution is 6.33. The van der Waals surface area contributed by atoms with Crippen LogP contribution in [0.15, 0.2) is 24.3 Å². The van der Waals surface area contributed by atoms with Crippen molar-refractivity contribution in [3.8, 4) is 0 Å². The fourth-order valence-electron chi connectivity index (χ4n) is 1.53. The van der Waals surface area contributed by atoms with Gasteiger partial charge >= 0.3 is 0 Å². The van der Waals surface area contributed by atoms with Crippen molar-refractivity contribution in [3.63, 3.8) is 0 Å². The first-order valence-electron chi connectivity index (χ1n) is 5.86. The molecule has 0 saturated carbocycles. The van der Waals surface area contributed by atoms with Gasteiger partial charge in [0.05, 0.1) is 23.2 Å². The molecule has 0 aliphatic rings. The number of amides is 2. The SMILES string of the molecule is CC(O)CN(C)C(=O)CNC(=O)c1ccccc1Cl. The summed E-state index contributed by atoms with van der Waals surface area (Å²) in [6.07, 6.45) is -0.604. The molecule has 1 aromatic carbocycles. The second-order valence-electron chi connectivity index (χ2n) is 4.29. The molecule has 0 saturated heterocycles. The average Bonchev–Trinajstić information content (AvgIpc) is 2.35. The lowest BCUT2D eigenvalue weighted by Crippen LogP contribution is -2.40. The monoisotopic (exact) mass is 284 g/mol. The van der Waals surface area contributed by atoms with E-state index in [1.807, 2.05) is 0 Å². The molecule has 0 radical (unpaired) electrons. The topological polar surface area (TPSA) is 69.6 Å². The molecule has 2 amide bonds. The summed E-state index contributed by atoms with van der Waals surface area (Å²) in [4.78, 5) is 24.8. The number of halogens is 1. The zero-order valence-electron chi connectivity index (χ0n) is 10.9. The van der Waals surface area contributed by atoms with Crippen molar-refractivity contribution in [3.05, 3.63) is 34.9 Å². The molecular formula is C13H17ClN2O3. The van der Waals surface area contributed by atoms with E-state index < -0.39 is 12.0 Å². The summed E-state index contributed by atoms with van der Waals surface area (Å²) in [5.74, 6) is -0.675. The summed E-state index contributed by atoms with van der Waals surface area (Å²) in [6.45, 7) is 1.68. The molecule has 0 spiro atoms. The number of carbonyl (C=O) groups excluding carboxylic acids is 2. The zero-order valence-corrected chi connectivity index (χ0v) is 11.6. The molecule has 0 fully saturated rings. The van der Waals surface area contributed by atoms with Crippen molar-refractivity contribution in [1.82, 2.24) is 10.2 Å². The number of hydrogen-bond acceptors (Lipinski definition) is 3. The van der Waals surface area contributed by atoms with E-state index >= 15 is 0 Å². The molecular weight excluding hydrogens is 268 g/mol. The van der Waals surface area contributed by atoms with Crippen molar-refractivity contribution in [2.24, 2.45) is 0 Å². The largest absolute Gasteiger partial charge is 0.392 e. The lowest BCUT2D eigenvalue weighted by atomic mass is 10.2. The van der Waals surface area contributed by atoms with Gasteiger partial charge in [-0.15, -0.1) is 0 Å². The molecule has 5 nitrogen and oxygen atoms in total. The van der Waals surface area contributed by atoms with Crippen molar-refractivity contribution in [2.45, 2.75) is 13.0 Å². The molecule has 1 atom stereocenters. The maximum absolute atomic E-state index is 11.8. The van der Waals surface area contributed by atoms with Crippen molar-refractivity contribution in [2.75, 3.05) is 20.1 Å². The number of carbonyl (C=O) groups is 2. The highest BCUT2D eigenvalue weighted by Crippen LogP contribution is 2.14. The van der Waals surface area contributed by atoms with Crippen molar-refractivity contribution >= 4 is 23.4 Å². The minimum atomic E-state index is -0.604. The molecule has 0 aliphatic carbocycles. The summed E-state index contributed by atoms with van der Waals surface area (Å²) in [6, 6.07) is 6.61. The van der Waals surface area contributed by atoms with Gasteiger partial charge in [0.1, 0.15) is 0 Å². The van der Waals surface area contributed by atoms with Gasteiger partial charge in [-0.1, -0.05) is 23.7 Å². The van der Waals surface area contributed by atoms with Crippen molar-refractivity contribution < 1.29 is 14.7 Å². The van der Waals surface area contributed by atoms with Gasteiger partial charge in [0.15, 0.2) is 0 Å². The minimum Gasteiger partial charge on any atom is -0.392 e. The Balaban J connectivity index is 2.51. The van der Waals surface area contributed by atoms with Crippen LogP contribution in [0, 0.1) is 0 Å². The Morgan fingerprint density at radius 1 is 1.42 bits per heavy atom. The summed E-state index contributed by atoms with van der Waals surface area (Å²) < 4.78 is 0. The summed E-state index contributed by atoms with van der Waals surface area (Å²) >= 11 is 5.88. The molecule has 0 aliphatic heterocycles. The number of likely N-dealkylation sites (N-methyl/N-ethyl adjacent to an activating group) is 1. The number of benzene rings is 1. The summed E-state index contributed by atoms with van der Waals surface area (Å²) in [7, 11) is 1.57. The summed E-state index contributed by atoms with van der Waals surface area (Å²) in [5.41, 5.74) is 0.329. The number of nitrogens with one attached hydrogen (secondary N) is 1. The third-order valence-electron chi connectivity index (χ3n) is 2.48. The minimum absolute atomic E-state index is 0.132. The van der Waals surface area contributed by atoms with Crippen LogP contribution in [-0.4, -0.2) is 48.1 Å². The molecule has 1 aromatic rings. The van der Waals surface area contributed by atoms with Gasteiger partial charge in [0, 0.05) is 13.6 Å². The van der Waals surface area contributed by atoms with Gasteiger partial charge < -0.3 is 15.3 Å². The van der Waals surface area contributed by atoms with Gasteiger partial charge in [-0.05, 0) is 19.1 Å². The van der Waals surface area contributed by atoms with E-state index in [4.69, 9.17) is 16.7 Å². The van der Waals surface area contributed by atoms with E-state index in [0.717, 1.165) is 0 Å². The second-order valence-corrected chi connectivity index (χ2v) is 4.69. The number of nitrogens with zero attached hydrogens (tertiary/aromatic N) is 1. The zero-order chi connectivity index (χ0) is 14.4. The van der Waals surface area contributed by atoms with Crippen LogP contribution >= 0.6 is 11.6 Å². The molecule has 0 aromatic heterocycles. The predicted octanol–water partition coefficient (Wildman–Crippen LogP) is 0.909. The quantitative estimate of drug-likeness (QED) is 0.844.